The van der Waals surface area contributed by atoms with E-state index in [1.54, 1.807) is 0 Å². The second-order valence-electron chi connectivity index (χ2n) is 11.8. The van der Waals surface area contributed by atoms with E-state index < -0.39 is 30.6 Å². The molecule has 2 atom stereocenters. The summed E-state index contributed by atoms with van der Waals surface area (Å²) in [6.45, 7) is 8.82. The summed E-state index contributed by atoms with van der Waals surface area (Å²) in [7, 11) is 0. The molecule has 0 spiro atoms. The van der Waals surface area contributed by atoms with Crippen molar-refractivity contribution in [2.45, 2.75) is 37.3 Å². The number of hydrogen-bond donors (Lipinski definition) is 1. The first-order chi connectivity index (χ1) is 22.1. The lowest BCUT2D eigenvalue weighted by Gasteiger charge is -2.31. The molecule has 0 unspecified atom stereocenters. The van der Waals surface area contributed by atoms with Crippen LogP contribution in [0.1, 0.15) is 24.8 Å². The van der Waals surface area contributed by atoms with Crippen molar-refractivity contribution >= 4 is 54.7 Å². The molecular weight excluding hydrogens is 644 g/mol. The lowest BCUT2D eigenvalue weighted by molar-refractivity contribution is 0.108. The molecule has 7 rings (SSSR count). The van der Waals surface area contributed by atoms with Crippen LogP contribution in [0.5, 0.6) is 11.8 Å². The third kappa shape index (κ3) is 4.65. The molecule has 0 aliphatic carbocycles. The zero-order valence-electron chi connectivity index (χ0n) is 24.4. The number of nitrogens with two attached hydrogens (primary N) is 1. The molecule has 0 bridgehead atoms. The van der Waals surface area contributed by atoms with Gasteiger partial charge in [0.1, 0.15) is 41.4 Å². The number of ether oxygens (including phenoxy) is 2. The SMILES string of the molecule is C=C[C@@H]1COc2c(Cl)c(-c3ccc(F)c4sc(N)c(C#N)c34)c(F)c3nc(OC[C@@]45CCCN4CC(=C)C5)nc(c23)N1CC(F)F. The Morgan fingerprint density at radius 3 is 2.85 bits per heavy atom. The van der Waals surface area contributed by atoms with Gasteiger partial charge in [-0.05, 0) is 37.4 Å². The first kappa shape index (κ1) is 30.5. The highest BCUT2D eigenvalue weighted by Gasteiger charge is 2.47. The van der Waals surface area contributed by atoms with E-state index >= 15 is 4.39 Å². The Balaban J connectivity index is 1.48. The standard InChI is InChI=1S/C32H27ClF4N6O2S/c1-3-16-13-44-27-23-26(25(37)22(24(27)33)17-5-6-19(34)28-21(17)18(10-38)29(39)46-28)40-31(41-30(23)43(16)12-20(35)36)45-14-32-7-4-8-42(32)11-15(2)9-32/h3,5-6,16,20H,1-2,4,7-9,11-14,39H2/t16-,32+/m1/s1. The van der Waals surface area contributed by atoms with E-state index in [0.717, 1.165) is 55.3 Å². The first-order valence-electron chi connectivity index (χ1n) is 14.5. The fourth-order valence-corrected chi connectivity index (χ4v) is 8.30. The quantitative estimate of drug-likeness (QED) is 0.164. The molecule has 2 aromatic carbocycles. The molecule has 0 amide bonds. The van der Waals surface area contributed by atoms with Crippen molar-refractivity contribution in [2.24, 2.45) is 0 Å². The van der Waals surface area contributed by atoms with Crippen LogP contribution in [0.3, 0.4) is 0 Å². The van der Waals surface area contributed by atoms with Crippen LogP contribution in [0.15, 0.2) is 36.9 Å². The summed E-state index contributed by atoms with van der Waals surface area (Å²) in [5.41, 5.74) is 6.35. The van der Waals surface area contributed by atoms with Crippen molar-refractivity contribution in [3.8, 4) is 29.0 Å². The Bertz CT molecular complexity index is 2000. The predicted molar refractivity (Wildman–Crippen MR) is 170 cm³/mol. The lowest BCUT2D eigenvalue weighted by atomic mass is 9.94. The number of anilines is 2. The van der Waals surface area contributed by atoms with Gasteiger partial charge in [0, 0.05) is 17.5 Å². The first-order valence-corrected chi connectivity index (χ1v) is 15.7. The maximum absolute atomic E-state index is 17.0. The molecule has 46 heavy (non-hydrogen) atoms. The zero-order chi connectivity index (χ0) is 32.5. The number of halogens is 5. The second-order valence-corrected chi connectivity index (χ2v) is 13.2. The number of benzene rings is 2. The molecule has 2 saturated heterocycles. The highest BCUT2D eigenvalue weighted by molar-refractivity contribution is 7.23. The highest BCUT2D eigenvalue weighted by atomic mass is 35.5. The van der Waals surface area contributed by atoms with E-state index in [9.17, 15) is 18.4 Å². The van der Waals surface area contributed by atoms with Crippen molar-refractivity contribution in [3.05, 3.63) is 59.2 Å². The maximum atomic E-state index is 17.0. The van der Waals surface area contributed by atoms with Gasteiger partial charge in [0.2, 0.25) is 0 Å². The molecule has 4 aromatic rings. The monoisotopic (exact) mass is 670 g/mol. The number of thiophene rings is 1. The second kappa shape index (κ2) is 11.3. The number of fused-ring (bicyclic) bond motifs is 2. The van der Waals surface area contributed by atoms with Gasteiger partial charge in [0.05, 0.1) is 38.8 Å². The zero-order valence-corrected chi connectivity index (χ0v) is 26.0. The van der Waals surface area contributed by atoms with Crippen molar-refractivity contribution < 1.29 is 27.0 Å². The Kier molecular flexibility index (Phi) is 7.49. The predicted octanol–water partition coefficient (Wildman–Crippen LogP) is 7.09. The fourth-order valence-electron chi connectivity index (χ4n) is 7.02. The summed E-state index contributed by atoms with van der Waals surface area (Å²) in [5.74, 6) is -1.70. The van der Waals surface area contributed by atoms with Crippen molar-refractivity contribution in [2.75, 3.05) is 43.5 Å². The van der Waals surface area contributed by atoms with E-state index in [2.05, 4.69) is 28.0 Å². The molecule has 238 valence electrons. The number of rotatable bonds is 7. The van der Waals surface area contributed by atoms with Crippen LogP contribution in [0.2, 0.25) is 5.02 Å². The Hall–Kier alpha value is -4.12. The minimum absolute atomic E-state index is 0.0257. The molecule has 14 heteroatoms. The summed E-state index contributed by atoms with van der Waals surface area (Å²) >= 11 is 7.75. The van der Waals surface area contributed by atoms with E-state index in [0.29, 0.717) is 0 Å². The molecule has 0 saturated carbocycles. The van der Waals surface area contributed by atoms with E-state index in [-0.39, 0.29) is 84.0 Å². The summed E-state index contributed by atoms with van der Waals surface area (Å²) in [4.78, 5) is 12.6. The molecule has 8 nitrogen and oxygen atoms in total. The lowest BCUT2D eigenvalue weighted by Crippen LogP contribution is -2.43. The number of nitrogens with zero attached hydrogens (tertiary/aromatic N) is 5. The third-order valence-corrected chi connectivity index (χ3v) is 10.4. The minimum Gasteiger partial charge on any atom is -0.489 e. The largest absolute Gasteiger partial charge is 0.489 e. The number of nitriles is 1. The number of nitrogen functional groups attached to an aromatic ring is 1. The van der Waals surface area contributed by atoms with Gasteiger partial charge in [-0.25, -0.2) is 17.6 Å². The molecular formula is C32H27ClF4N6O2S. The van der Waals surface area contributed by atoms with Crippen molar-refractivity contribution in [1.82, 2.24) is 14.9 Å². The van der Waals surface area contributed by atoms with Gasteiger partial charge in [-0.1, -0.05) is 35.9 Å². The van der Waals surface area contributed by atoms with E-state index in [4.69, 9.17) is 26.8 Å². The summed E-state index contributed by atoms with van der Waals surface area (Å²) in [5, 5.41) is 9.76. The van der Waals surface area contributed by atoms with Gasteiger partial charge in [-0.15, -0.1) is 17.9 Å². The molecule has 2 N–H and O–H groups in total. The van der Waals surface area contributed by atoms with Crippen LogP contribution in [0.25, 0.3) is 32.1 Å². The minimum atomic E-state index is -2.78. The Morgan fingerprint density at radius 1 is 1.30 bits per heavy atom. The Morgan fingerprint density at radius 2 is 2.11 bits per heavy atom. The molecule has 2 fully saturated rings. The number of hydrogen-bond acceptors (Lipinski definition) is 9. The molecule has 3 aliphatic heterocycles. The summed E-state index contributed by atoms with van der Waals surface area (Å²) in [6.07, 6.45) is 1.21. The van der Waals surface area contributed by atoms with Gasteiger partial charge in [0.15, 0.2) is 11.6 Å². The van der Waals surface area contributed by atoms with Gasteiger partial charge < -0.3 is 20.1 Å². The average Bonchev–Trinajstić information content (AvgIpc) is 3.63. The van der Waals surface area contributed by atoms with Crippen molar-refractivity contribution in [1.29, 1.82) is 5.26 Å². The third-order valence-electron chi connectivity index (χ3n) is 9.02. The summed E-state index contributed by atoms with van der Waals surface area (Å²) < 4.78 is 72.2. The van der Waals surface area contributed by atoms with Gasteiger partial charge in [-0.2, -0.15) is 15.2 Å². The Labute approximate surface area is 270 Å². The van der Waals surface area contributed by atoms with Crippen LogP contribution < -0.4 is 20.1 Å². The fraction of sp³-hybridized carbons (Fsp3) is 0.344. The molecule has 5 heterocycles. The number of aromatic nitrogens is 2. The summed E-state index contributed by atoms with van der Waals surface area (Å²) in [6, 6.07) is 3.40. The van der Waals surface area contributed by atoms with Crippen LogP contribution in [0, 0.1) is 23.0 Å². The van der Waals surface area contributed by atoms with Crippen LogP contribution in [-0.2, 0) is 0 Å². The molecule has 0 radical (unpaired) electrons. The van der Waals surface area contributed by atoms with Gasteiger partial charge in [0.25, 0.3) is 6.43 Å². The van der Waals surface area contributed by atoms with Crippen molar-refractivity contribution in [3.63, 3.8) is 0 Å². The average molecular weight is 671 g/mol. The maximum Gasteiger partial charge on any atom is 0.319 e. The topological polar surface area (TPSA) is 101 Å². The molecule has 2 aromatic heterocycles. The smallest absolute Gasteiger partial charge is 0.319 e. The van der Waals surface area contributed by atoms with E-state index in [1.807, 2.05) is 6.07 Å². The highest BCUT2D eigenvalue weighted by Crippen LogP contribution is 2.51. The normalized spacial score (nSPS) is 21.1. The van der Waals surface area contributed by atoms with Crippen LogP contribution >= 0.6 is 22.9 Å². The van der Waals surface area contributed by atoms with E-state index in [1.165, 1.54) is 17.0 Å². The molecule has 3 aliphatic rings. The van der Waals surface area contributed by atoms with Crippen LogP contribution in [0.4, 0.5) is 28.4 Å². The van der Waals surface area contributed by atoms with Gasteiger partial charge in [-0.3, -0.25) is 4.90 Å². The van der Waals surface area contributed by atoms with Gasteiger partial charge >= 0.3 is 6.01 Å². The number of alkyl halides is 2. The van der Waals surface area contributed by atoms with Crippen LogP contribution in [-0.4, -0.2) is 65.7 Å².